The van der Waals surface area contributed by atoms with E-state index in [0.717, 1.165) is 16.8 Å². The molecule has 10 heteroatoms. The molecule has 5 rings (SSSR count). The van der Waals surface area contributed by atoms with E-state index in [1.165, 1.54) is 23.1 Å². The number of hydrogen-bond donors (Lipinski definition) is 1. The number of Topliss-reactive ketones (excluding diaryl/α,β-unsaturated/α-hetero) is 1. The summed E-state index contributed by atoms with van der Waals surface area (Å²) in [5.41, 5.74) is 10.1. The number of hydrogen-bond acceptors (Lipinski definition) is 10. The van der Waals surface area contributed by atoms with Crippen LogP contribution in [-0.4, -0.2) is 21.7 Å². The minimum absolute atomic E-state index is 0.00417. The largest absolute Gasteiger partial charge is 0.489 e. The standard InChI is InChI=1S/C27H22N6O2S2/c28-13-14-36-27-32-31-26(37-27)33-21-7-4-8-22(34)24(21)23(20(15-29)25(33)30)18-9-11-19(12-10-18)35-16-17-5-2-1-3-6-17/h1-3,5-6,9-12,23H,4,7-8,14,16,30H2. The van der Waals surface area contributed by atoms with Gasteiger partial charge in [-0.05, 0) is 36.1 Å². The highest BCUT2D eigenvalue weighted by Gasteiger charge is 2.41. The Kier molecular flexibility index (Phi) is 7.22. The van der Waals surface area contributed by atoms with Gasteiger partial charge >= 0.3 is 0 Å². The van der Waals surface area contributed by atoms with Crippen molar-refractivity contribution >= 4 is 34.0 Å². The van der Waals surface area contributed by atoms with Crippen molar-refractivity contribution in [3.05, 3.63) is 88.4 Å². The lowest BCUT2D eigenvalue weighted by atomic mass is 9.76. The van der Waals surface area contributed by atoms with E-state index in [-0.39, 0.29) is 17.4 Å². The minimum Gasteiger partial charge on any atom is -0.489 e. The van der Waals surface area contributed by atoms with Gasteiger partial charge in [0.15, 0.2) is 10.1 Å². The number of rotatable bonds is 7. The molecule has 0 radical (unpaired) electrons. The zero-order valence-corrected chi connectivity index (χ0v) is 21.4. The smallest absolute Gasteiger partial charge is 0.219 e. The second-order valence-corrected chi connectivity index (χ2v) is 10.6. The van der Waals surface area contributed by atoms with Gasteiger partial charge in [0, 0.05) is 17.7 Å². The number of nitrogens with zero attached hydrogens (tertiary/aromatic N) is 5. The van der Waals surface area contributed by atoms with Crippen LogP contribution in [0.1, 0.15) is 36.3 Å². The highest BCUT2D eigenvalue weighted by Crippen LogP contribution is 2.47. The Morgan fingerprint density at radius 1 is 1.11 bits per heavy atom. The Morgan fingerprint density at radius 2 is 1.89 bits per heavy atom. The zero-order valence-electron chi connectivity index (χ0n) is 19.8. The van der Waals surface area contributed by atoms with Crippen LogP contribution in [-0.2, 0) is 11.4 Å². The topological polar surface area (TPSA) is 129 Å². The molecule has 0 amide bonds. The maximum Gasteiger partial charge on any atom is 0.219 e. The van der Waals surface area contributed by atoms with Gasteiger partial charge < -0.3 is 10.5 Å². The van der Waals surface area contributed by atoms with Gasteiger partial charge in [0.25, 0.3) is 0 Å². The number of anilines is 1. The number of thioether (sulfide) groups is 1. The van der Waals surface area contributed by atoms with Gasteiger partial charge in [0.05, 0.1) is 29.4 Å². The van der Waals surface area contributed by atoms with Crippen LogP contribution in [0.5, 0.6) is 5.75 Å². The van der Waals surface area contributed by atoms with Crippen molar-refractivity contribution in [2.24, 2.45) is 5.73 Å². The number of nitriles is 2. The number of carbonyl (C=O) groups is 1. The van der Waals surface area contributed by atoms with Gasteiger partial charge in [-0.15, -0.1) is 10.2 Å². The first-order valence-corrected chi connectivity index (χ1v) is 13.5. The first-order valence-electron chi connectivity index (χ1n) is 11.7. The van der Waals surface area contributed by atoms with Gasteiger partial charge in [0.2, 0.25) is 5.13 Å². The zero-order chi connectivity index (χ0) is 25.8. The summed E-state index contributed by atoms with van der Waals surface area (Å²) >= 11 is 2.57. The average molecular weight is 527 g/mol. The van der Waals surface area contributed by atoms with Crippen LogP contribution in [0.25, 0.3) is 0 Å². The van der Waals surface area contributed by atoms with Crippen LogP contribution in [0, 0.1) is 22.7 Å². The second kappa shape index (κ2) is 10.9. The number of ketones is 1. The van der Waals surface area contributed by atoms with E-state index in [1.807, 2.05) is 54.6 Å². The van der Waals surface area contributed by atoms with Crippen molar-refractivity contribution in [3.8, 4) is 17.9 Å². The molecule has 0 spiro atoms. The molecular weight excluding hydrogens is 504 g/mol. The Labute approximate surface area is 222 Å². The predicted molar refractivity (Wildman–Crippen MR) is 141 cm³/mol. The summed E-state index contributed by atoms with van der Waals surface area (Å²) in [5, 5.41) is 27.9. The van der Waals surface area contributed by atoms with E-state index in [0.29, 0.717) is 52.2 Å². The summed E-state index contributed by atoms with van der Waals surface area (Å²) in [4.78, 5) is 15.0. The van der Waals surface area contributed by atoms with Crippen LogP contribution in [0.4, 0.5) is 5.13 Å². The fraction of sp³-hybridized carbons (Fsp3) is 0.222. The Balaban J connectivity index is 1.49. The molecule has 1 atom stereocenters. The molecule has 8 nitrogen and oxygen atoms in total. The molecule has 2 aliphatic rings. The number of carbonyl (C=O) groups excluding carboxylic acids is 1. The molecule has 2 N–H and O–H groups in total. The summed E-state index contributed by atoms with van der Waals surface area (Å²) in [6.45, 7) is 0.444. The predicted octanol–water partition coefficient (Wildman–Crippen LogP) is 5.04. The van der Waals surface area contributed by atoms with Crippen LogP contribution in [0.3, 0.4) is 0 Å². The molecule has 2 aromatic carbocycles. The third kappa shape index (κ3) is 4.94. The summed E-state index contributed by atoms with van der Waals surface area (Å²) in [6.07, 6.45) is 1.74. The first-order chi connectivity index (χ1) is 18.1. The van der Waals surface area contributed by atoms with Gasteiger partial charge in [-0.3, -0.25) is 9.69 Å². The molecule has 1 unspecified atom stereocenters. The summed E-state index contributed by atoms with van der Waals surface area (Å²) in [5.74, 6) is 0.638. The van der Waals surface area contributed by atoms with Gasteiger partial charge in [-0.25, -0.2) is 0 Å². The highest BCUT2D eigenvalue weighted by molar-refractivity contribution is 8.01. The minimum atomic E-state index is -0.562. The van der Waals surface area contributed by atoms with E-state index in [9.17, 15) is 10.1 Å². The Morgan fingerprint density at radius 3 is 2.62 bits per heavy atom. The monoisotopic (exact) mass is 526 g/mol. The van der Waals surface area contributed by atoms with E-state index in [1.54, 1.807) is 4.90 Å². The fourth-order valence-electron chi connectivity index (χ4n) is 4.58. The lowest BCUT2D eigenvalue weighted by Gasteiger charge is -2.38. The van der Waals surface area contributed by atoms with Crippen molar-refractivity contribution in [1.29, 1.82) is 10.5 Å². The molecule has 1 aliphatic carbocycles. The molecule has 184 valence electrons. The van der Waals surface area contributed by atoms with Gasteiger partial charge in [-0.2, -0.15) is 10.5 Å². The molecule has 37 heavy (non-hydrogen) atoms. The first kappa shape index (κ1) is 24.6. The number of nitrogens with two attached hydrogens (primary N) is 1. The van der Waals surface area contributed by atoms with Gasteiger partial charge in [0.1, 0.15) is 18.2 Å². The number of aromatic nitrogens is 2. The second-order valence-electron chi connectivity index (χ2n) is 8.46. The van der Waals surface area contributed by atoms with Crippen molar-refractivity contribution in [2.45, 2.75) is 36.1 Å². The Bertz CT molecular complexity index is 1470. The molecule has 0 saturated heterocycles. The molecule has 1 aromatic heterocycles. The number of ether oxygens (including phenoxy) is 1. The van der Waals surface area contributed by atoms with Crippen LogP contribution >= 0.6 is 23.1 Å². The quantitative estimate of drug-likeness (QED) is 0.421. The van der Waals surface area contributed by atoms with E-state index in [4.69, 9.17) is 15.7 Å². The third-order valence-corrected chi connectivity index (χ3v) is 8.13. The van der Waals surface area contributed by atoms with E-state index >= 15 is 0 Å². The molecule has 0 bridgehead atoms. The number of allylic oxidation sites excluding steroid dienone is 3. The SMILES string of the molecule is N#CCSc1nnc(N2C(N)=C(C#N)C(c3ccc(OCc4ccccc4)cc3)C3=C2CCCC3=O)s1. The number of benzene rings is 2. The van der Waals surface area contributed by atoms with Crippen molar-refractivity contribution in [1.82, 2.24) is 10.2 Å². The maximum atomic E-state index is 13.3. The normalized spacial score (nSPS) is 17.3. The van der Waals surface area contributed by atoms with Crippen molar-refractivity contribution in [2.75, 3.05) is 10.7 Å². The Hall–Kier alpha value is -4.12. The van der Waals surface area contributed by atoms with E-state index in [2.05, 4.69) is 22.3 Å². The van der Waals surface area contributed by atoms with Crippen molar-refractivity contribution in [3.63, 3.8) is 0 Å². The maximum absolute atomic E-state index is 13.3. The molecule has 0 saturated carbocycles. The van der Waals surface area contributed by atoms with Crippen LogP contribution < -0.4 is 15.4 Å². The fourth-order valence-corrected chi connectivity index (χ4v) is 6.12. The molecule has 1 aliphatic heterocycles. The molecule has 2 heterocycles. The highest BCUT2D eigenvalue weighted by atomic mass is 32.2. The third-order valence-electron chi connectivity index (χ3n) is 6.22. The lowest BCUT2D eigenvalue weighted by Crippen LogP contribution is -2.38. The van der Waals surface area contributed by atoms with Crippen LogP contribution in [0.2, 0.25) is 0 Å². The van der Waals surface area contributed by atoms with E-state index < -0.39 is 5.92 Å². The lowest BCUT2D eigenvalue weighted by molar-refractivity contribution is -0.116. The van der Waals surface area contributed by atoms with Crippen molar-refractivity contribution < 1.29 is 9.53 Å². The molecule has 3 aromatic rings. The summed E-state index contributed by atoms with van der Waals surface area (Å²) < 4.78 is 6.54. The molecule has 0 fully saturated rings. The van der Waals surface area contributed by atoms with Crippen LogP contribution in [0.15, 0.2) is 81.6 Å². The molecular formula is C27H22N6O2S2. The average Bonchev–Trinajstić information content (AvgIpc) is 3.39. The summed E-state index contributed by atoms with van der Waals surface area (Å²) in [7, 11) is 0. The van der Waals surface area contributed by atoms with Gasteiger partial charge in [-0.1, -0.05) is 65.6 Å². The summed E-state index contributed by atoms with van der Waals surface area (Å²) in [6, 6.07) is 21.7.